The Morgan fingerprint density at radius 2 is 0.773 bits per heavy atom. The molecule has 7 rings (SSSR count). The number of terminal acetylenes is 2. The van der Waals surface area contributed by atoms with Crippen LogP contribution in [0.25, 0.3) is 46.4 Å². The van der Waals surface area contributed by atoms with E-state index >= 15 is 0 Å². The second-order valence-corrected chi connectivity index (χ2v) is 10.0. The molecule has 2 aromatic carbocycles. The fraction of sp³-hybridized carbons (Fsp3) is 0. The zero-order valence-electron chi connectivity index (χ0n) is 23.4. The van der Waals surface area contributed by atoms with E-state index in [0.29, 0.717) is 33.9 Å². The lowest BCUT2D eigenvalue weighted by Gasteiger charge is -1.97. The van der Waals surface area contributed by atoms with E-state index in [0.717, 1.165) is 44.3 Å². The highest BCUT2D eigenvalue weighted by Crippen LogP contribution is 2.26. The van der Waals surface area contributed by atoms with Crippen LogP contribution < -0.4 is 0 Å². The highest BCUT2D eigenvalue weighted by Gasteiger charge is 2.15. The summed E-state index contributed by atoms with van der Waals surface area (Å²) >= 11 is 0. The van der Waals surface area contributed by atoms with Crippen molar-refractivity contribution in [3.8, 4) is 48.4 Å². The molecular weight excluding hydrogens is 536 g/mol. The fourth-order valence-electron chi connectivity index (χ4n) is 5.09. The number of aromatic nitrogens is 4. The molecular formula is C40H22N4. The number of hydrogen-bond donors (Lipinski definition) is 2. The lowest BCUT2D eigenvalue weighted by Crippen LogP contribution is -1.90. The van der Waals surface area contributed by atoms with E-state index in [1.54, 1.807) is 0 Å². The molecule has 2 N–H and O–H groups in total. The molecule has 4 heteroatoms. The molecule has 0 spiro atoms. The van der Waals surface area contributed by atoms with Crippen molar-refractivity contribution in [3.05, 3.63) is 141 Å². The number of fused-ring (bicyclic) bond motifs is 8. The van der Waals surface area contributed by atoms with Crippen molar-refractivity contribution in [2.24, 2.45) is 0 Å². The third kappa shape index (κ3) is 4.98. The third-order valence-corrected chi connectivity index (χ3v) is 7.25. The molecule has 0 saturated carbocycles. The van der Waals surface area contributed by atoms with Gasteiger partial charge in [-0.25, -0.2) is 9.97 Å². The molecule has 5 heterocycles. The van der Waals surface area contributed by atoms with Gasteiger partial charge < -0.3 is 9.97 Å². The second-order valence-electron chi connectivity index (χ2n) is 10.0. The van der Waals surface area contributed by atoms with Gasteiger partial charge in [-0.05, 0) is 72.8 Å². The number of nitrogens with one attached hydrogen (secondary N) is 2. The van der Waals surface area contributed by atoms with Crippen LogP contribution in [0.3, 0.4) is 0 Å². The molecule has 4 nitrogen and oxygen atoms in total. The summed E-state index contributed by atoms with van der Waals surface area (Å²) in [6.45, 7) is 0. The first kappa shape index (κ1) is 26.2. The second kappa shape index (κ2) is 11.3. The largest absolute Gasteiger partial charge is 0.353 e. The molecule has 0 unspecified atom stereocenters. The van der Waals surface area contributed by atoms with E-state index in [4.69, 9.17) is 22.8 Å². The van der Waals surface area contributed by atoms with Gasteiger partial charge in [-0.15, -0.1) is 12.8 Å². The van der Waals surface area contributed by atoms with E-state index in [1.165, 1.54) is 0 Å². The van der Waals surface area contributed by atoms with Crippen molar-refractivity contribution in [1.82, 2.24) is 19.9 Å². The Bertz CT molecular complexity index is 2240. The molecule has 44 heavy (non-hydrogen) atoms. The van der Waals surface area contributed by atoms with Gasteiger partial charge in [-0.2, -0.15) is 0 Å². The third-order valence-electron chi connectivity index (χ3n) is 7.25. The van der Waals surface area contributed by atoms with Gasteiger partial charge in [-0.3, -0.25) is 0 Å². The first-order valence-corrected chi connectivity index (χ1v) is 13.9. The summed E-state index contributed by atoms with van der Waals surface area (Å²) in [5.74, 6) is 18.9. The van der Waals surface area contributed by atoms with Crippen LogP contribution in [-0.4, -0.2) is 19.9 Å². The molecule has 3 aromatic heterocycles. The van der Waals surface area contributed by atoms with E-state index in [-0.39, 0.29) is 0 Å². The van der Waals surface area contributed by atoms with Crippen LogP contribution in [0.5, 0.6) is 0 Å². The molecule has 0 radical (unpaired) electrons. The van der Waals surface area contributed by atoms with Gasteiger partial charge in [0.15, 0.2) is 0 Å². The van der Waals surface area contributed by atoms with Crippen LogP contribution in [0.1, 0.15) is 56.2 Å². The van der Waals surface area contributed by atoms with Crippen molar-refractivity contribution in [3.63, 3.8) is 0 Å². The molecule has 8 bridgehead atoms. The van der Waals surface area contributed by atoms with Crippen molar-refractivity contribution in [2.45, 2.75) is 0 Å². The topological polar surface area (TPSA) is 57.4 Å². The number of hydrogen-bond acceptors (Lipinski definition) is 2. The zero-order valence-corrected chi connectivity index (χ0v) is 23.4. The van der Waals surface area contributed by atoms with Crippen LogP contribution >= 0.6 is 0 Å². The Balaban J connectivity index is 1.58. The molecule has 0 atom stereocenters. The average molecular weight is 559 g/mol. The molecule has 2 aliphatic rings. The van der Waals surface area contributed by atoms with Crippen molar-refractivity contribution in [2.75, 3.05) is 0 Å². The first-order chi connectivity index (χ1) is 21.7. The van der Waals surface area contributed by atoms with E-state index in [1.807, 2.05) is 109 Å². The minimum absolute atomic E-state index is 0.586. The number of aromatic amines is 2. The standard InChI is InChI=1S/C40H22N4/c1-3-29-33-19-23-37(41-33)31(17-15-27-11-7-5-8-12-27)39-25-21-35(43-39)30(4-2)36-22-26-40(44-36)32(38-24-20-34(29)42-38)18-16-28-13-9-6-10-14-28/h1-2,5-14,19-26,41-42H. The Hall–Kier alpha value is -6.72. The number of H-pyrrole nitrogens is 2. The van der Waals surface area contributed by atoms with E-state index < -0.39 is 0 Å². The maximum atomic E-state index is 6.08. The monoisotopic (exact) mass is 558 g/mol. The maximum absolute atomic E-state index is 6.08. The van der Waals surface area contributed by atoms with Gasteiger partial charge in [-0.1, -0.05) is 71.9 Å². The summed E-state index contributed by atoms with van der Waals surface area (Å²) < 4.78 is 0. The summed E-state index contributed by atoms with van der Waals surface area (Å²) in [6.07, 6.45) is 19.8. The van der Waals surface area contributed by atoms with Gasteiger partial charge in [0.05, 0.1) is 67.1 Å². The first-order valence-electron chi connectivity index (χ1n) is 13.9. The SMILES string of the molecule is C#Cc1c2nc(c(C#Cc3ccccc3)c3ccc([nH]3)c(C#C)c3ccc([nH]3)c(C#Cc3ccccc3)c3nc1C=C3)C=C2. The van der Waals surface area contributed by atoms with Gasteiger partial charge >= 0.3 is 0 Å². The Kier molecular flexibility index (Phi) is 6.71. The molecule has 0 saturated heterocycles. The normalized spacial score (nSPS) is 11.0. The van der Waals surface area contributed by atoms with E-state index in [2.05, 4.69) is 45.5 Å². The summed E-state index contributed by atoms with van der Waals surface area (Å²) in [7, 11) is 0. The quantitative estimate of drug-likeness (QED) is 0.190. The minimum Gasteiger partial charge on any atom is -0.353 e. The molecule has 202 valence electrons. The lowest BCUT2D eigenvalue weighted by atomic mass is 10.1. The van der Waals surface area contributed by atoms with Crippen LogP contribution in [0.2, 0.25) is 0 Å². The Labute approximate surface area is 255 Å². The van der Waals surface area contributed by atoms with Crippen LogP contribution in [0.4, 0.5) is 0 Å². The molecule has 0 aliphatic carbocycles. The highest BCUT2D eigenvalue weighted by atomic mass is 14.8. The molecule has 0 fully saturated rings. The molecule has 2 aliphatic heterocycles. The van der Waals surface area contributed by atoms with Crippen molar-refractivity contribution >= 4 is 46.4 Å². The van der Waals surface area contributed by atoms with Crippen LogP contribution in [0, 0.1) is 48.4 Å². The number of rotatable bonds is 0. The van der Waals surface area contributed by atoms with Crippen LogP contribution in [0.15, 0.2) is 84.9 Å². The lowest BCUT2D eigenvalue weighted by molar-refractivity contribution is 1.25. The average Bonchev–Trinajstić information content (AvgIpc) is 3.89. The summed E-state index contributed by atoms with van der Waals surface area (Å²) in [4.78, 5) is 16.8. The van der Waals surface area contributed by atoms with Crippen molar-refractivity contribution < 1.29 is 0 Å². The van der Waals surface area contributed by atoms with Gasteiger partial charge in [0.1, 0.15) is 0 Å². The van der Waals surface area contributed by atoms with Gasteiger partial charge in [0.25, 0.3) is 0 Å². The van der Waals surface area contributed by atoms with E-state index in [9.17, 15) is 0 Å². The van der Waals surface area contributed by atoms with Crippen LogP contribution in [-0.2, 0) is 0 Å². The number of benzene rings is 2. The zero-order chi connectivity index (χ0) is 29.9. The minimum atomic E-state index is 0.586. The molecule has 0 amide bonds. The number of nitrogens with zero attached hydrogens (tertiary/aromatic N) is 2. The highest BCUT2D eigenvalue weighted by molar-refractivity contribution is 5.87. The maximum Gasteiger partial charge on any atom is 0.0816 e. The Morgan fingerprint density at radius 3 is 1.16 bits per heavy atom. The Morgan fingerprint density at radius 1 is 0.409 bits per heavy atom. The summed E-state index contributed by atoms with van der Waals surface area (Å²) in [5.41, 5.74) is 10.3. The summed E-state index contributed by atoms with van der Waals surface area (Å²) in [6, 6.07) is 27.5. The fourth-order valence-corrected chi connectivity index (χ4v) is 5.09. The predicted molar refractivity (Wildman–Crippen MR) is 180 cm³/mol. The predicted octanol–water partition coefficient (Wildman–Crippen LogP) is 7.42. The smallest absolute Gasteiger partial charge is 0.0816 e. The van der Waals surface area contributed by atoms with Gasteiger partial charge in [0, 0.05) is 11.1 Å². The molecule has 5 aromatic rings. The summed E-state index contributed by atoms with van der Waals surface area (Å²) in [5, 5.41) is 0. The van der Waals surface area contributed by atoms with Crippen molar-refractivity contribution in [1.29, 1.82) is 0 Å². The van der Waals surface area contributed by atoms with Gasteiger partial charge in [0.2, 0.25) is 0 Å².